The Bertz CT molecular complexity index is 1750. The standard InChI is InChI=1S/C38H39N5O8/c39-35(43-38(48)51-26-30-14-8-3-9-15-30)31-18-16-27(17-19-31)22-32(42-37(47)50-25-29-12-6-2-7-13-29)36(46)41-23-33(44)40-21-20-34(45)49-24-28-10-4-1-5-11-28/h1-19,32H,20-26H2,(H,40,44)(H,41,46)(H,42,47)(H2,39,43,48). The molecule has 0 saturated heterocycles. The summed E-state index contributed by atoms with van der Waals surface area (Å²) in [5.41, 5.74) is 3.39. The van der Waals surface area contributed by atoms with Crippen molar-refractivity contribution in [1.29, 1.82) is 5.41 Å². The first-order valence-electron chi connectivity index (χ1n) is 16.1. The van der Waals surface area contributed by atoms with Crippen LogP contribution in [0.3, 0.4) is 0 Å². The molecule has 4 amide bonds. The molecule has 13 nitrogen and oxygen atoms in total. The van der Waals surface area contributed by atoms with Crippen LogP contribution in [-0.4, -0.2) is 54.9 Å². The fourth-order valence-electron chi connectivity index (χ4n) is 4.56. The minimum atomic E-state index is -1.13. The molecular formula is C38H39N5O8. The van der Waals surface area contributed by atoms with Gasteiger partial charge in [0.15, 0.2) is 0 Å². The predicted octanol–water partition coefficient (Wildman–Crippen LogP) is 4.14. The quantitative estimate of drug-likeness (QED) is 0.0502. The van der Waals surface area contributed by atoms with Crippen LogP contribution in [0.4, 0.5) is 9.59 Å². The monoisotopic (exact) mass is 693 g/mol. The van der Waals surface area contributed by atoms with Crippen LogP contribution in [0.15, 0.2) is 115 Å². The fourth-order valence-corrected chi connectivity index (χ4v) is 4.56. The van der Waals surface area contributed by atoms with Crippen molar-refractivity contribution in [3.05, 3.63) is 143 Å². The first kappa shape index (κ1) is 37.3. The summed E-state index contributed by atoms with van der Waals surface area (Å²) < 4.78 is 15.7. The maximum Gasteiger partial charge on any atom is 0.413 e. The molecule has 0 aliphatic rings. The molecule has 4 aromatic rings. The van der Waals surface area contributed by atoms with E-state index in [2.05, 4.69) is 21.3 Å². The number of benzene rings is 4. The van der Waals surface area contributed by atoms with E-state index in [1.54, 1.807) is 48.5 Å². The largest absolute Gasteiger partial charge is 0.461 e. The minimum Gasteiger partial charge on any atom is -0.461 e. The zero-order valence-electron chi connectivity index (χ0n) is 27.8. The number of ether oxygens (including phenoxy) is 3. The van der Waals surface area contributed by atoms with E-state index in [9.17, 15) is 24.0 Å². The van der Waals surface area contributed by atoms with Crippen molar-refractivity contribution in [2.24, 2.45) is 0 Å². The zero-order chi connectivity index (χ0) is 36.3. The third-order valence-electron chi connectivity index (χ3n) is 7.26. The van der Waals surface area contributed by atoms with Gasteiger partial charge in [0, 0.05) is 18.5 Å². The number of hydrogen-bond donors (Lipinski definition) is 5. The lowest BCUT2D eigenvalue weighted by molar-refractivity contribution is -0.144. The Morgan fingerprint density at radius 1 is 0.588 bits per heavy atom. The normalized spacial score (nSPS) is 10.9. The van der Waals surface area contributed by atoms with Gasteiger partial charge in [-0.3, -0.25) is 25.1 Å². The van der Waals surface area contributed by atoms with Crippen LogP contribution >= 0.6 is 0 Å². The Labute approximate surface area is 295 Å². The minimum absolute atomic E-state index is 0.0107. The summed E-state index contributed by atoms with van der Waals surface area (Å²) in [5, 5.41) is 18.2. The second-order valence-electron chi connectivity index (χ2n) is 11.2. The topological polar surface area (TPSA) is 185 Å². The molecule has 51 heavy (non-hydrogen) atoms. The van der Waals surface area contributed by atoms with Crippen molar-refractivity contribution in [3.8, 4) is 0 Å². The first-order chi connectivity index (χ1) is 24.7. The lowest BCUT2D eigenvalue weighted by Gasteiger charge is -2.19. The summed E-state index contributed by atoms with van der Waals surface area (Å²) >= 11 is 0. The van der Waals surface area contributed by atoms with Crippen LogP contribution in [-0.2, 0) is 54.8 Å². The molecule has 0 fully saturated rings. The van der Waals surface area contributed by atoms with E-state index in [4.69, 9.17) is 19.6 Å². The van der Waals surface area contributed by atoms with Crippen LogP contribution < -0.4 is 21.3 Å². The highest BCUT2D eigenvalue weighted by atomic mass is 16.6. The molecule has 4 rings (SSSR count). The molecule has 0 heterocycles. The van der Waals surface area contributed by atoms with Crippen LogP contribution in [0.5, 0.6) is 0 Å². The van der Waals surface area contributed by atoms with Crippen molar-refractivity contribution in [1.82, 2.24) is 21.3 Å². The summed E-state index contributed by atoms with van der Waals surface area (Å²) in [6.07, 6.45) is -1.66. The Hall–Kier alpha value is -6.50. The van der Waals surface area contributed by atoms with Crippen molar-refractivity contribution in [3.63, 3.8) is 0 Å². The zero-order valence-corrected chi connectivity index (χ0v) is 27.8. The fraction of sp³-hybridized carbons (Fsp3) is 0.211. The van der Waals surface area contributed by atoms with E-state index in [0.29, 0.717) is 11.1 Å². The van der Waals surface area contributed by atoms with Crippen LogP contribution in [0.1, 0.15) is 34.2 Å². The van der Waals surface area contributed by atoms with Crippen LogP contribution in [0.2, 0.25) is 0 Å². The number of rotatable bonds is 16. The van der Waals surface area contributed by atoms with Crippen molar-refractivity contribution < 1.29 is 38.2 Å². The summed E-state index contributed by atoms with van der Waals surface area (Å²) in [6, 6.07) is 32.6. The van der Waals surface area contributed by atoms with E-state index in [0.717, 1.165) is 16.7 Å². The summed E-state index contributed by atoms with van der Waals surface area (Å²) in [4.78, 5) is 62.5. The van der Waals surface area contributed by atoms with Gasteiger partial charge in [0.1, 0.15) is 31.7 Å². The maximum absolute atomic E-state index is 13.2. The number of carbonyl (C=O) groups is 5. The van der Waals surface area contributed by atoms with Gasteiger partial charge in [-0.1, -0.05) is 115 Å². The molecule has 0 spiro atoms. The van der Waals surface area contributed by atoms with Crippen molar-refractivity contribution in [2.75, 3.05) is 13.1 Å². The molecule has 0 saturated carbocycles. The number of hydrogen-bond acceptors (Lipinski definition) is 9. The summed E-state index contributed by atoms with van der Waals surface area (Å²) in [7, 11) is 0. The number of alkyl carbamates (subject to hydrolysis) is 2. The van der Waals surface area contributed by atoms with Crippen LogP contribution in [0, 0.1) is 5.41 Å². The van der Waals surface area contributed by atoms with Gasteiger partial charge < -0.3 is 30.2 Å². The van der Waals surface area contributed by atoms with Crippen molar-refractivity contribution in [2.45, 2.75) is 38.7 Å². The van der Waals surface area contributed by atoms with Gasteiger partial charge in [-0.15, -0.1) is 0 Å². The first-order valence-corrected chi connectivity index (χ1v) is 16.1. The second-order valence-corrected chi connectivity index (χ2v) is 11.2. The molecule has 13 heteroatoms. The molecule has 1 unspecified atom stereocenters. The number of amides is 4. The van der Waals surface area contributed by atoms with Gasteiger partial charge in [0.2, 0.25) is 11.8 Å². The maximum atomic E-state index is 13.2. The van der Waals surface area contributed by atoms with E-state index in [1.165, 1.54) is 0 Å². The van der Waals surface area contributed by atoms with E-state index >= 15 is 0 Å². The molecule has 0 bridgehead atoms. The van der Waals surface area contributed by atoms with Gasteiger partial charge >= 0.3 is 18.2 Å². The molecule has 5 N–H and O–H groups in total. The van der Waals surface area contributed by atoms with Gasteiger partial charge in [0.25, 0.3) is 0 Å². The number of amidine groups is 1. The van der Waals surface area contributed by atoms with E-state index in [-0.39, 0.29) is 45.0 Å². The third-order valence-corrected chi connectivity index (χ3v) is 7.26. The SMILES string of the molecule is N=C(NC(=O)OCc1ccccc1)c1ccc(CC(NC(=O)OCc2ccccc2)C(=O)NCC(=O)NCCC(=O)OCc2ccccc2)cc1. The highest BCUT2D eigenvalue weighted by Gasteiger charge is 2.23. The Kier molecular flexibility index (Phi) is 14.7. The van der Waals surface area contributed by atoms with E-state index in [1.807, 2.05) is 66.7 Å². The summed E-state index contributed by atoms with van der Waals surface area (Å²) in [6.45, 7) is -0.241. The molecule has 0 radical (unpaired) electrons. The average Bonchev–Trinajstić information content (AvgIpc) is 3.15. The Morgan fingerprint density at radius 3 is 1.65 bits per heavy atom. The lowest BCUT2D eigenvalue weighted by atomic mass is 10.0. The van der Waals surface area contributed by atoms with Gasteiger partial charge in [-0.05, 0) is 22.3 Å². The summed E-state index contributed by atoms with van der Waals surface area (Å²) in [5.74, 6) is -1.86. The number of carbonyl (C=O) groups excluding carboxylic acids is 5. The third kappa shape index (κ3) is 13.9. The highest BCUT2D eigenvalue weighted by Crippen LogP contribution is 2.10. The number of esters is 1. The lowest BCUT2D eigenvalue weighted by Crippen LogP contribution is -2.50. The van der Waals surface area contributed by atoms with Gasteiger partial charge in [-0.25, -0.2) is 9.59 Å². The van der Waals surface area contributed by atoms with E-state index < -0.39 is 42.6 Å². The molecule has 264 valence electrons. The predicted molar refractivity (Wildman–Crippen MR) is 187 cm³/mol. The molecule has 0 aromatic heterocycles. The second kappa shape index (κ2) is 20.1. The smallest absolute Gasteiger partial charge is 0.413 e. The molecular weight excluding hydrogens is 654 g/mol. The van der Waals surface area contributed by atoms with Gasteiger partial charge in [0.05, 0.1) is 13.0 Å². The van der Waals surface area contributed by atoms with Crippen molar-refractivity contribution >= 4 is 35.8 Å². The Morgan fingerprint density at radius 2 is 1.10 bits per heavy atom. The number of nitrogens with one attached hydrogen (secondary N) is 5. The average molecular weight is 694 g/mol. The Balaban J connectivity index is 1.27. The van der Waals surface area contributed by atoms with Gasteiger partial charge in [-0.2, -0.15) is 0 Å². The molecule has 1 atom stereocenters. The van der Waals surface area contributed by atoms with Crippen LogP contribution in [0.25, 0.3) is 0 Å². The molecule has 4 aromatic carbocycles. The molecule has 0 aliphatic heterocycles. The highest BCUT2D eigenvalue weighted by molar-refractivity contribution is 6.04. The molecule has 0 aliphatic carbocycles.